The van der Waals surface area contributed by atoms with Crippen molar-refractivity contribution in [1.29, 1.82) is 0 Å². The molecule has 24 heavy (non-hydrogen) atoms. The van der Waals surface area contributed by atoms with Gasteiger partial charge < -0.3 is 5.11 Å². The molecule has 1 saturated heterocycles. The van der Waals surface area contributed by atoms with E-state index in [2.05, 4.69) is 36.1 Å². The van der Waals surface area contributed by atoms with Crippen LogP contribution >= 0.6 is 11.6 Å². The maximum atomic E-state index is 11.1. The normalized spacial score (nSPS) is 16.8. The number of hydrogen-bond acceptors (Lipinski definition) is 2. The number of piperidine rings is 1. The second-order valence-electron chi connectivity index (χ2n) is 6.39. The highest BCUT2D eigenvalue weighted by Crippen LogP contribution is 2.29. The van der Waals surface area contributed by atoms with E-state index in [4.69, 9.17) is 16.7 Å². The van der Waals surface area contributed by atoms with E-state index in [1.165, 1.54) is 37.9 Å². The molecule has 1 fully saturated rings. The minimum atomic E-state index is -1.00. The van der Waals surface area contributed by atoms with E-state index in [1.54, 1.807) is 18.2 Å². The van der Waals surface area contributed by atoms with Crippen molar-refractivity contribution in [3.8, 4) is 11.1 Å². The third-order valence-electron chi connectivity index (χ3n) is 4.86. The Hall–Kier alpha value is -1.84. The van der Waals surface area contributed by atoms with Gasteiger partial charge in [0.25, 0.3) is 0 Å². The molecule has 3 rings (SSSR count). The fraction of sp³-hybridized carbons (Fsp3) is 0.350. The Kier molecular flexibility index (Phi) is 5.22. The topological polar surface area (TPSA) is 40.5 Å². The van der Waals surface area contributed by atoms with Crippen LogP contribution in [0, 0.1) is 0 Å². The zero-order valence-corrected chi connectivity index (χ0v) is 14.6. The van der Waals surface area contributed by atoms with E-state index in [9.17, 15) is 4.79 Å². The van der Waals surface area contributed by atoms with Crippen molar-refractivity contribution >= 4 is 17.6 Å². The highest BCUT2D eigenvalue weighted by Gasteiger charge is 2.18. The minimum absolute atomic E-state index is 0.135. The fourth-order valence-electron chi connectivity index (χ4n) is 3.34. The van der Waals surface area contributed by atoms with Crippen LogP contribution < -0.4 is 0 Å². The second kappa shape index (κ2) is 7.37. The lowest BCUT2D eigenvalue weighted by Crippen LogP contribution is -2.32. The van der Waals surface area contributed by atoms with Gasteiger partial charge in [-0.2, -0.15) is 0 Å². The summed E-state index contributed by atoms with van der Waals surface area (Å²) in [4.78, 5) is 13.6. The van der Waals surface area contributed by atoms with Crippen molar-refractivity contribution in [2.45, 2.75) is 32.2 Å². The molecule has 1 aliphatic rings. The van der Waals surface area contributed by atoms with Crippen molar-refractivity contribution < 1.29 is 9.90 Å². The van der Waals surface area contributed by atoms with Crippen molar-refractivity contribution in [3.05, 3.63) is 58.6 Å². The van der Waals surface area contributed by atoms with Gasteiger partial charge in [-0.05, 0) is 61.7 Å². The Labute approximate surface area is 147 Å². The molecular formula is C20H22ClNO2. The first kappa shape index (κ1) is 17.0. The van der Waals surface area contributed by atoms with Gasteiger partial charge in [0, 0.05) is 6.04 Å². The molecule has 1 aliphatic heterocycles. The lowest BCUT2D eigenvalue weighted by Gasteiger charge is -2.32. The molecule has 1 unspecified atom stereocenters. The van der Waals surface area contributed by atoms with Crippen molar-refractivity contribution in [3.63, 3.8) is 0 Å². The zero-order valence-electron chi connectivity index (χ0n) is 13.8. The molecule has 1 atom stereocenters. The average molecular weight is 344 g/mol. The van der Waals surface area contributed by atoms with Crippen LogP contribution in [0.25, 0.3) is 11.1 Å². The summed E-state index contributed by atoms with van der Waals surface area (Å²) in [7, 11) is 0. The van der Waals surface area contributed by atoms with Crippen LogP contribution in [0.4, 0.5) is 0 Å². The molecule has 0 amide bonds. The molecule has 0 bridgehead atoms. The van der Waals surface area contributed by atoms with E-state index in [1.807, 2.05) is 0 Å². The molecule has 0 spiro atoms. The van der Waals surface area contributed by atoms with Gasteiger partial charge in [-0.15, -0.1) is 0 Å². The Balaban J connectivity index is 1.79. The number of nitrogens with zero attached hydrogens (tertiary/aromatic N) is 1. The van der Waals surface area contributed by atoms with Gasteiger partial charge in [-0.25, -0.2) is 4.79 Å². The number of halogens is 1. The molecule has 1 heterocycles. The van der Waals surface area contributed by atoms with Gasteiger partial charge in [0.05, 0.1) is 10.6 Å². The lowest BCUT2D eigenvalue weighted by atomic mass is 9.98. The third kappa shape index (κ3) is 3.63. The van der Waals surface area contributed by atoms with Crippen LogP contribution in [0.15, 0.2) is 42.5 Å². The molecule has 4 heteroatoms. The summed E-state index contributed by atoms with van der Waals surface area (Å²) >= 11 is 6.07. The van der Waals surface area contributed by atoms with Gasteiger partial charge in [-0.3, -0.25) is 4.90 Å². The monoisotopic (exact) mass is 343 g/mol. The molecule has 126 valence electrons. The van der Waals surface area contributed by atoms with Crippen LogP contribution in [0.5, 0.6) is 0 Å². The Morgan fingerprint density at radius 2 is 1.67 bits per heavy atom. The second-order valence-corrected chi connectivity index (χ2v) is 6.80. The van der Waals surface area contributed by atoms with Crippen molar-refractivity contribution in [1.82, 2.24) is 4.90 Å². The smallest absolute Gasteiger partial charge is 0.337 e. The van der Waals surface area contributed by atoms with E-state index in [-0.39, 0.29) is 10.6 Å². The predicted molar refractivity (Wildman–Crippen MR) is 97.7 cm³/mol. The SMILES string of the molecule is CC(c1ccc(-c2ccc(C(=O)O)c(Cl)c2)cc1)N1CCCCC1. The van der Waals surface area contributed by atoms with E-state index >= 15 is 0 Å². The lowest BCUT2D eigenvalue weighted by molar-refractivity contribution is 0.0697. The summed E-state index contributed by atoms with van der Waals surface area (Å²) < 4.78 is 0. The standard InChI is InChI=1S/C20H22ClNO2/c1-14(22-11-3-2-4-12-22)15-5-7-16(8-6-15)17-9-10-18(20(23)24)19(21)13-17/h5-10,13-14H,2-4,11-12H2,1H3,(H,23,24). The molecule has 0 radical (unpaired) electrons. The molecular weight excluding hydrogens is 322 g/mol. The van der Waals surface area contributed by atoms with E-state index in [0.717, 1.165) is 11.1 Å². The summed E-state index contributed by atoms with van der Waals surface area (Å²) in [5, 5.41) is 9.33. The van der Waals surface area contributed by atoms with Gasteiger partial charge in [-0.1, -0.05) is 48.4 Å². The number of benzene rings is 2. The van der Waals surface area contributed by atoms with E-state index < -0.39 is 5.97 Å². The van der Waals surface area contributed by atoms with Crippen LogP contribution in [0.1, 0.15) is 48.1 Å². The van der Waals surface area contributed by atoms with Gasteiger partial charge in [0.2, 0.25) is 0 Å². The molecule has 0 aliphatic carbocycles. The first-order chi connectivity index (χ1) is 11.6. The highest BCUT2D eigenvalue weighted by atomic mass is 35.5. The highest BCUT2D eigenvalue weighted by molar-refractivity contribution is 6.33. The first-order valence-electron chi connectivity index (χ1n) is 8.43. The molecule has 0 aromatic heterocycles. The third-order valence-corrected chi connectivity index (χ3v) is 5.18. The zero-order chi connectivity index (χ0) is 17.1. The Morgan fingerprint density at radius 1 is 1.04 bits per heavy atom. The van der Waals surface area contributed by atoms with Crippen molar-refractivity contribution in [2.75, 3.05) is 13.1 Å². The fourth-order valence-corrected chi connectivity index (χ4v) is 3.60. The number of hydrogen-bond donors (Lipinski definition) is 1. The van der Waals surface area contributed by atoms with E-state index in [0.29, 0.717) is 6.04 Å². The molecule has 2 aromatic carbocycles. The van der Waals surface area contributed by atoms with Crippen LogP contribution in [0.2, 0.25) is 5.02 Å². The van der Waals surface area contributed by atoms with Gasteiger partial charge in [0.15, 0.2) is 0 Å². The van der Waals surface area contributed by atoms with Gasteiger partial charge in [0.1, 0.15) is 0 Å². The largest absolute Gasteiger partial charge is 0.478 e. The molecule has 1 N–H and O–H groups in total. The summed E-state index contributed by atoms with van der Waals surface area (Å²) in [5.41, 5.74) is 3.43. The summed E-state index contributed by atoms with van der Waals surface area (Å²) in [6.45, 7) is 4.61. The first-order valence-corrected chi connectivity index (χ1v) is 8.81. The molecule has 3 nitrogen and oxygen atoms in total. The van der Waals surface area contributed by atoms with Crippen LogP contribution in [-0.4, -0.2) is 29.1 Å². The quantitative estimate of drug-likeness (QED) is 0.824. The molecule has 2 aromatic rings. The average Bonchev–Trinajstić information content (AvgIpc) is 2.61. The van der Waals surface area contributed by atoms with Crippen LogP contribution in [-0.2, 0) is 0 Å². The Morgan fingerprint density at radius 3 is 2.25 bits per heavy atom. The Bertz CT molecular complexity index is 721. The summed E-state index contributed by atoms with van der Waals surface area (Å²) in [6.07, 6.45) is 3.92. The predicted octanol–water partition coefficient (Wildman–Crippen LogP) is 5.25. The number of rotatable bonds is 4. The van der Waals surface area contributed by atoms with Gasteiger partial charge >= 0.3 is 5.97 Å². The summed E-state index contributed by atoms with van der Waals surface area (Å²) in [5.74, 6) is -1.00. The van der Waals surface area contributed by atoms with Crippen LogP contribution in [0.3, 0.4) is 0 Å². The summed E-state index contributed by atoms with van der Waals surface area (Å²) in [6, 6.07) is 14.0. The van der Waals surface area contributed by atoms with Crippen molar-refractivity contribution in [2.24, 2.45) is 0 Å². The number of carboxylic acid groups (broad SMARTS) is 1. The maximum Gasteiger partial charge on any atom is 0.337 e. The number of carboxylic acids is 1. The minimum Gasteiger partial charge on any atom is -0.478 e. The number of likely N-dealkylation sites (tertiary alicyclic amines) is 1. The number of aromatic carboxylic acids is 1. The maximum absolute atomic E-state index is 11.1. The number of carbonyl (C=O) groups is 1. The molecule has 0 saturated carbocycles.